The van der Waals surface area contributed by atoms with E-state index < -0.39 is 0 Å². The van der Waals surface area contributed by atoms with Crippen molar-refractivity contribution >= 4 is 16.8 Å². The molecule has 0 spiro atoms. The molecule has 1 aliphatic rings. The molecule has 1 fully saturated rings. The van der Waals surface area contributed by atoms with Gasteiger partial charge in [-0.05, 0) is 35.2 Å². The van der Waals surface area contributed by atoms with Crippen molar-refractivity contribution in [3.8, 4) is 22.4 Å². The maximum Gasteiger partial charge on any atom is 0.217 e. The van der Waals surface area contributed by atoms with Crippen LogP contribution in [0.2, 0.25) is 0 Å². The van der Waals surface area contributed by atoms with Crippen LogP contribution in [0.15, 0.2) is 60.9 Å². The molecule has 32 heavy (non-hydrogen) atoms. The number of hydrogen-bond acceptors (Lipinski definition) is 3. The van der Waals surface area contributed by atoms with Gasteiger partial charge in [0, 0.05) is 36.1 Å². The highest BCUT2D eigenvalue weighted by atomic mass is 16.1. The number of nitrogens with one attached hydrogen (secondary N) is 1. The Hall–Kier alpha value is -3.41. The second-order valence-electron chi connectivity index (χ2n) is 8.34. The number of aromatic amines is 1. The zero-order chi connectivity index (χ0) is 22.9. The van der Waals surface area contributed by atoms with E-state index in [1.807, 2.05) is 0 Å². The number of nitrogens with zero attached hydrogens (tertiary/aromatic N) is 3. The Morgan fingerprint density at radius 1 is 1.06 bits per heavy atom. The van der Waals surface area contributed by atoms with Gasteiger partial charge in [-0.1, -0.05) is 69.9 Å². The summed E-state index contributed by atoms with van der Waals surface area (Å²) in [5, 5.41) is 11.8. The summed E-state index contributed by atoms with van der Waals surface area (Å²) in [6.45, 7) is 4.06. The SMILES string of the molecule is CC1CCCC1.CCC(N)=O.Cn1ccc2cc(-c3ccc(-c4cn[nH]n4)cc3)ccc21. The van der Waals surface area contributed by atoms with Gasteiger partial charge in [-0.15, -0.1) is 0 Å². The molecular weight excluding hydrogens is 398 g/mol. The van der Waals surface area contributed by atoms with Crippen LogP contribution in [0.5, 0.6) is 0 Å². The van der Waals surface area contributed by atoms with Gasteiger partial charge in [0.25, 0.3) is 0 Å². The number of hydrogen-bond donors (Lipinski definition) is 2. The fourth-order valence-electron chi connectivity index (χ4n) is 3.77. The third kappa shape index (κ3) is 6.30. The fraction of sp³-hybridized carbons (Fsp3) is 0.346. The molecule has 2 aromatic heterocycles. The molecule has 6 heteroatoms. The summed E-state index contributed by atoms with van der Waals surface area (Å²) in [6, 6.07) is 17.1. The molecule has 0 radical (unpaired) electrons. The van der Waals surface area contributed by atoms with E-state index in [1.54, 1.807) is 13.1 Å². The number of aromatic nitrogens is 4. The Kier molecular flexibility index (Phi) is 8.20. The van der Waals surface area contributed by atoms with Crippen molar-refractivity contribution in [2.45, 2.75) is 46.0 Å². The first kappa shape index (κ1) is 23.3. The van der Waals surface area contributed by atoms with Crippen LogP contribution in [0.1, 0.15) is 46.0 Å². The van der Waals surface area contributed by atoms with E-state index >= 15 is 0 Å². The highest BCUT2D eigenvalue weighted by Gasteiger charge is 2.07. The number of carbonyl (C=O) groups excluding carboxylic acids is 1. The van der Waals surface area contributed by atoms with Gasteiger partial charge in [0.1, 0.15) is 5.69 Å². The van der Waals surface area contributed by atoms with E-state index in [4.69, 9.17) is 0 Å². The van der Waals surface area contributed by atoms with Crippen molar-refractivity contribution < 1.29 is 4.79 Å². The Labute approximate surface area is 189 Å². The average molecular weight is 432 g/mol. The minimum Gasteiger partial charge on any atom is -0.370 e. The van der Waals surface area contributed by atoms with Gasteiger partial charge in [-0.25, -0.2) is 0 Å². The molecule has 4 aromatic rings. The lowest BCUT2D eigenvalue weighted by Gasteiger charge is -2.04. The lowest BCUT2D eigenvalue weighted by atomic mass is 10.0. The second-order valence-corrected chi connectivity index (χ2v) is 8.34. The summed E-state index contributed by atoms with van der Waals surface area (Å²) >= 11 is 0. The molecule has 0 aliphatic heterocycles. The number of benzene rings is 2. The van der Waals surface area contributed by atoms with Crippen LogP contribution in [0.3, 0.4) is 0 Å². The van der Waals surface area contributed by atoms with Crippen molar-refractivity contribution in [3.63, 3.8) is 0 Å². The molecule has 0 saturated heterocycles. The number of aryl methyl sites for hydroxylation is 1. The van der Waals surface area contributed by atoms with Crippen molar-refractivity contribution in [1.29, 1.82) is 0 Å². The Balaban J connectivity index is 0.000000218. The molecule has 1 saturated carbocycles. The van der Waals surface area contributed by atoms with Crippen LogP contribution in [0.25, 0.3) is 33.3 Å². The minimum absolute atomic E-state index is 0.245. The van der Waals surface area contributed by atoms with Crippen LogP contribution in [-0.2, 0) is 11.8 Å². The summed E-state index contributed by atoms with van der Waals surface area (Å²) in [4.78, 5) is 9.59. The summed E-state index contributed by atoms with van der Waals surface area (Å²) in [7, 11) is 2.06. The number of nitrogens with two attached hydrogens (primary N) is 1. The largest absolute Gasteiger partial charge is 0.370 e. The number of amides is 1. The first-order valence-electron chi connectivity index (χ1n) is 11.3. The molecule has 1 aliphatic carbocycles. The topological polar surface area (TPSA) is 89.6 Å². The molecule has 0 bridgehead atoms. The Morgan fingerprint density at radius 3 is 2.22 bits per heavy atom. The lowest BCUT2D eigenvalue weighted by molar-refractivity contribution is -0.117. The van der Waals surface area contributed by atoms with Crippen LogP contribution in [0, 0.1) is 5.92 Å². The zero-order valence-electron chi connectivity index (χ0n) is 19.2. The first-order valence-corrected chi connectivity index (χ1v) is 11.3. The predicted octanol–water partition coefficient (Wildman–Crippen LogP) is 5.71. The molecule has 0 unspecified atom stereocenters. The Morgan fingerprint density at radius 2 is 1.69 bits per heavy atom. The van der Waals surface area contributed by atoms with E-state index in [2.05, 4.69) is 94.4 Å². The van der Waals surface area contributed by atoms with Gasteiger partial charge in [-0.2, -0.15) is 15.4 Å². The summed E-state index contributed by atoms with van der Waals surface area (Å²) in [5.41, 5.74) is 10.2. The quantitative estimate of drug-likeness (QED) is 0.435. The standard InChI is InChI=1S/C17H14N4.C6H12.C3H7NO/c1-21-9-8-15-10-14(6-7-17(15)21)12-2-4-13(5-3-12)16-11-18-20-19-16;1-6-4-2-3-5-6;1-2-3(4)5/h2-11H,1H3,(H,18,19,20);6H,2-5H2,1H3;2H2,1H3,(H2,4,5). The van der Waals surface area contributed by atoms with Gasteiger partial charge in [-0.3, -0.25) is 4.79 Å². The van der Waals surface area contributed by atoms with Crippen LogP contribution in [0.4, 0.5) is 0 Å². The molecule has 0 atom stereocenters. The van der Waals surface area contributed by atoms with E-state index in [1.165, 1.54) is 47.7 Å². The molecule has 5 rings (SSSR count). The molecule has 168 valence electrons. The van der Waals surface area contributed by atoms with Gasteiger partial charge >= 0.3 is 0 Å². The number of carbonyl (C=O) groups is 1. The fourth-order valence-corrected chi connectivity index (χ4v) is 3.77. The normalized spacial score (nSPS) is 13.2. The van der Waals surface area contributed by atoms with Crippen LogP contribution >= 0.6 is 0 Å². The zero-order valence-corrected chi connectivity index (χ0v) is 19.2. The number of primary amides is 1. The number of H-pyrrole nitrogens is 1. The van der Waals surface area contributed by atoms with Crippen molar-refractivity contribution in [3.05, 3.63) is 60.9 Å². The summed E-state index contributed by atoms with van der Waals surface area (Å²) in [6.07, 6.45) is 10.2. The van der Waals surface area contributed by atoms with E-state index in [9.17, 15) is 4.79 Å². The van der Waals surface area contributed by atoms with Crippen molar-refractivity contribution in [1.82, 2.24) is 20.0 Å². The van der Waals surface area contributed by atoms with Crippen molar-refractivity contribution in [2.75, 3.05) is 0 Å². The molecular formula is C26H33N5O. The maximum absolute atomic E-state index is 9.59. The molecule has 2 heterocycles. The Bertz CT molecular complexity index is 1110. The monoisotopic (exact) mass is 431 g/mol. The molecule has 2 aromatic carbocycles. The van der Waals surface area contributed by atoms with Crippen LogP contribution < -0.4 is 5.73 Å². The predicted molar refractivity (Wildman–Crippen MR) is 131 cm³/mol. The summed E-state index contributed by atoms with van der Waals surface area (Å²) < 4.78 is 2.13. The molecule has 3 N–H and O–H groups in total. The van der Waals surface area contributed by atoms with Crippen molar-refractivity contribution in [2.24, 2.45) is 18.7 Å². The first-order chi connectivity index (χ1) is 15.5. The minimum atomic E-state index is -0.245. The van der Waals surface area contributed by atoms with E-state index in [0.29, 0.717) is 6.42 Å². The lowest BCUT2D eigenvalue weighted by Crippen LogP contribution is -2.06. The van der Waals surface area contributed by atoms with Gasteiger partial charge < -0.3 is 10.3 Å². The molecule has 6 nitrogen and oxygen atoms in total. The number of rotatable bonds is 3. The van der Waals surface area contributed by atoms with Gasteiger partial charge in [0.2, 0.25) is 5.91 Å². The second kappa shape index (κ2) is 11.3. The number of fused-ring (bicyclic) bond motifs is 1. The maximum atomic E-state index is 9.59. The smallest absolute Gasteiger partial charge is 0.217 e. The van der Waals surface area contributed by atoms with Gasteiger partial charge in [0.05, 0.1) is 6.20 Å². The molecule has 1 amide bonds. The highest BCUT2D eigenvalue weighted by Crippen LogP contribution is 2.27. The highest BCUT2D eigenvalue weighted by molar-refractivity contribution is 5.85. The van der Waals surface area contributed by atoms with Crippen LogP contribution in [-0.4, -0.2) is 25.9 Å². The van der Waals surface area contributed by atoms with E-state index in [0.717, 1.165) is 17.2 Å². The van der Waals surface area contributed by atoms with Gasteiger partial charge in [0.15, 0.2) is 0 Å². The third-order valence-electron chi connectivity index (χ3n) is 5.81. The summed E-state index contributed by atoms with van der Waals surface area (Å²) in [5.74, 6) is 0.801. The average Bonchev–Trinajstić information content (AvgIpc) is 3.58. The van der Waals surface area contributed by atoms with E-state index in [-0.39, 0.29) is 5.91 Å². The third-order valence-corrected chi connectivity index (χ3v) is 5.81.